The largest absolute Gasteiger partial charge is 0.339 e. The van der Waals surface area contributed by atoms with E-state index in [1.54, 1.807) is 19.1 Å². The van der Waals surface area contributed by atoms with E-state index in [-0.39, 0.29) is 30.2 Å². The summed E-state index contributed by atoms with van der Waals surface area (Å²) < 4.78 is 18.9. The third kappa shape index (κ3) is 4.59. The second-order valence-corrected chi connectivity index (χ2v) is 6.45. The van der Waals surface area contributed by atoms with Gasteiger partial charge in [-0.3, -0.25) is 4.79 Å². The number of piperidine rings is 1. The van der Waals surface area contributed by atoms with Gasteiger partial charge in [0.15, 0.2) is 0 Å². The number of carbonyl (C=O) groups is 1. The van der Waals surface area contributed by atoms with Crippen molar-refractivity contribution in [2.75, 3.05) is 13.1 Å². The summed E-state index contributed by atoms with van der Waals surface area (Å²) in [7, 11) is 0. The maximum atomic E-state index is 13.7. The maximum Gasteiger partial charge on any atom is 0.227 e. The van der Waals surface area contributed by atoms with Gasteiger partial charge in [0.25, 0.3) is 0 Å². The van der Waals surface area contributed by atoms with E-state index in [2.05, 4.69) is 10.1 Å². The fourth-order valence-corrected chi connectivity index (χ4v) is 3.14. The summed E-state index contributed by atoms with van der Waals surface area (Å²) in [6.07, 6.45) is 3.78. The van der Waals surface area contributed by atoms with Crippen molar-refractivity contribution >= 4 is 18.3 Å². The van der Waals surface area contributed by atoms with Crippen molar-refractivity contribution in [1.82, 2.24) is 15.0 Å². The van der Waals surface area contributed by atoms with E-state index in [9.17, 15) is 9.18 Å². The van der Waals surface area contributed by atoms with Crippen LogP contribution in [0.3, 0.4) is 0 Å². The van der Waals surface area contributed by atoms with E-state index in [0.29, 0.717) is 42.2 Å². The monoisotopic (exact) mass is 382 g/mol. The molecule has 3 rings (SSSR count). The molecule has 1 aromatic carbocycles. The van der Waals surface area contributed by atoms with Gasteiger partial charge in [-0.05, 0) is 37.8 Å². The molecule has 0 aliphatic carbocycles. The summed E-state index contributed by atoms with van der Waals surface area (Å²) >= 11 is 0. The molecule has 1 unspecified atom stereocenters. The first-order valence-corrected chi connectivity index (χ1v) is 8.67. The smallest absolute Gasteiger partial charge is 0.227 e. The zero-order chi connectivity index (χ0) is 17.8. The van der Waals surface area contributed by atoms with Gasteiger partial charge in [0.2, 0.25) is 17.6 Å². The van der Waals surface area contributed by atoms with Crippen LogP contribution in [0.2, 0.25) is 0 Å². The van der Waals surface area contributed by atoms with Crippen molar-refractivity contribution in [3.05, 3.63) is 35.5 Å². The second-order valence-electron chi connectivity index (χ2n) is 6.45. The van der Waals surface area contributed by atoms with Gasteiger partial charge in [-0.1, -0.05) is 17.3 Å². The third-order valence-electron chi connectivity index (χ3n) is 4.67. The maximum absolute atomic E-state index is 13.7. The zero-order valence-corrected chi connectivity index (χ0v) is 15.6. The fourth-order valence-electron chi connectivity index (χ4n) is 3.14. The molecule has 2 aromatic rings. The molecule has 0 bridgehead atoms. The van der Waals surface area contributed by atoms with Crippen molar-refractivity contribution in [1.29, 1.82) is 0 Å². The number of rotatable bonds is 5. The first kappa shape index (κ1) is 20.3. The van der Waals surface area contributed by atoms with E-state index in [4.69, 9.17) is 10.3 Å². The predicted molar refractivity (Wildman–Crippen MR) is 98.4 cm³/mol. The minimum absolute atomic E-state index is 0. The fraction of sp³-hybridized carbons (Fsp3) is 0.500. The van der Waals surface area contributed by atoms with Crippen LogP contribution in [-0.4, -0.2) is 40.1 Å². The van der Waals surface area contributed by atoms with E-state index >= 15 is 0 Å². The number of hydrogen-bond acceptors (Lipinski definition) is 5. The van der Waals surface area contributed by atoms with Gasteiger partial charge in [-0.25, -0.2) is 4.39 Å². The van der Waals surface area contributed by atoms with Crippen molar-refractivity contribution in [3.63, 3.8) is 0 Å². The van der Waals surface area contributed by atoms with E-state index in [1.165, 1.54) is 6.07 Å². The van der Waals surface area contributed by atoms with Crippen LogP contribution in [-0.2, 0) is 11.2 Å². The molecule has 2 heterocycles. The molecular formula is C18H24ClFN4O2. The molecule has 6 nitrogen and oxygen atoms in total. The van der Waals surface area contributed by atoms with Crippen LogP contribution in [0, 0.1) is 12.7 Å². The van der Waals surface area contributed by atoms with Gasteiger partial charge in [0, 0.05) is 37.5 Å². The Morgan fingerprint density at radius 3 is 2.96 bits per heavy atom. The minimum atomic E-state index is -0.308. The number of nitrogens with zero attached hydrogens (tertiary/aromatic N) is 3. The molecular weight excluding hydrogens is 359 g/mol. The molecule has 1 aliphatic heterocycles. The molecule has 0 radical (unpaired) electrons. The SMILES string of the molecule is Cc1ccc(-c2noc(CCC(=O)N3CCCCC3CN)n2)cc1F.Cl. The number of likely N-dealkylation sites (tertiary alicyclic amines) is 1. The summed E-state index contributed by atoms with van der Waals surface area (Å²) in [5.74, 6) is 0.470. The highest BCUT2D eigenvalue weighted by atomic mass is 35.5. The predicted octanol–water partition coefficient (Wildman–Crippen LogP) is 2.88. The summed E-state index contributed by atoms with van der Waals surface area (Å²) in [5, 5.41) is 3.88. The van der Waals surface area contributed by atoms with Gasteiger partial charge in [0.1, 0.15) is 5.82 Å². The standard InChI is InChI=1S/C18H23FN4O2.ClH/c1-12-5-6-13(10-15(12)19)18-21-16(25-22-18)7-8-17(24)23-9-3-2-4-14(23)11-20;/h5-6,10,14H,2-4,7-9,11,20H2,1H3;1H. The minimum Gasteiger partial charge on any atom is -0.339 e. The Morgan fingerprint density at radius 2 is 2.23 bits per heavy atom. The molecule has 1 fully saturated rings. The number of nitrogens with two attached hydrogens (primary N) is 1. The molecule has 2 N–H and O–H groups in total. The lowest BCUT2D eigenvalue weighted by molar-refractivity contribution is -0.134. The summed E-state index contributed by atoms with van der Waals surface area (Å²) in [4.78, 5) is 18.6. The lowest BCUT2D eigenvalue weighted by atomic mass is 10.0. The van der Waals surface area contributed by atoms with Crippen molar-refractivity contribution < 1.29 is 13.7 Å². The van der Waals surface area contributed by atoms with Crippen LogP contribution >= 0.6 is 12.4 Å². The van der Waals surface area contributed by atoms with Gasteiger partial charge < -0.3 is 15.2 Å². The highest BCUT2D eigenvalue weighted by Crippen LogP contribution is 2.20. The molecule has 1 aromatic heterocycles. The molecule has 0 saturated carbocycles. The summed E-state index contributed by atoms with van der Waals surface area (Å²) in [6, 6.07) is 4.94. The van der Waals surface area contributed by atoms with Crippen LogP contribution in [0.5, 0.6) is 0 Å². The number of hydrogen-bond donors (Lipinski definition) is 1. The molecule has 1 aliphatic rings. The Balaban J connectivity index is 0.00000243. The highest BCUT2D eigenvalue weighted by Gasteiger charge is 2.25. The Bertz CT molecular complexity index is 753. The quantitative estimate of drug-likeness (QED) is 0.859. The van der Waals surface area contributed by atoms with E-state index < -0.39 is 0 Å². The Morgan fingerprint density at radius 1 is 1.42 bits per heavy atom. The lowest BCUT2D eigenvalue weighted by Crippen LogP contribution is -2.47. The Kier molecular flexibility index (Phi) is 7.11. The number of aromatic nitrogens is 2. The van der Waals surface area contributed by atoms with Gasteiger partial charge in [0.05, 0.1) is 0 Å². The summed E-state index contributed by atoms with van der Waals surface area (Å²) in [5.41, 5.74) is 6.89. The van der Waals surface area contributed by atoms with Gasteiger partial charge in [-0.2, -0.15) is 4.98 Å². The molecule has 1 saturated heterocycles. The van der Waals surface area contributed by atoms with Gasteiger partial charge in [-0.15, -0.1) is 12.4 Å². The Labute approximate surface area is 158 Å². The third-order valence-corrected chi connectivity index (χ3v) is 4.67. The molecule has 1 amide bonds. The molecule has 8 heteroatoms. The number of halogens is 2. The van der Waals surface area contributed by atoms with Crippen LogP contribution in [0.15, 0.2) is 22.7 Å². The topological polar surface area (TPSA) is 85.2 Å². The molecule has 142 valence electrons. The second kappa shape index (κ2) is 9.09. The first-order chi connectivity index (χ1) is 12.1. The lowest BCUT2D eigenvalue weighted by Gasteiger charge is -2.35. The van der Waals surface area contributed by atoms with Crippen molar-refractivity contribution in [3.8, 4) is 11.4 Å². The van der Waals surface area contributed by atoms with Crippen molar-refractivity contribution in [2.24, 2.45) is 5.73 Å². The number of carbonyl (C=O) groups excluding carboxylic acids is 1. The number of benzene rings is 1. The van der Waals surface area contributed by atoms with E-state index in [0.717, 1.165) is 25.8 Å². The van der Waals surface area contributed by atoms with E-state index in [1.807, 2.05) is 4.90 Å². The first-order valence-electron chi connectivity index (χ1n) is 8.67. The van der Waals surface area contributed by atoms with Crippen LogP contribution in [0.4, 0.5) is 4.39 Å². The van der Waals surface area contributed by atoms with Gasteiger partial charge >= 0.3 is 0 Å². The van der Waals surface area contributed by atoms with Crippen LogP contribution < -0.4 is 5.73 Å². The number of aryl methyl sites for hydroxylation is 2. The van der Waals surface area contributed by atoms with Crippen LogP contribution in [0.1, 0.15) is 37.1 Å². The highest BCUT2D eigenvalue weighted by molar-refractivity contribution is 5.85. The van der Waals surface area contributed by atoms with Crippen LogP contribution in [0.25, 0.3) is 11.4 Å². The molecule has 0 spiro atoms. The Hall–Kier alpha value is -1.99. The molecule has 1 atom stereocenters. The normalized spacial score (nSPS) is 17.0. The van der Waals surface area contributed by atoms with Crippen molar-refractivity contribution in [2.45, 2.75) is 45.1 Å². The summed E-state index contributed by atoms with van der Waals surface area (Å²) in [6.45, 7) is 2.95. The number of amides is 1. The zero-order valence-electron chi connectivity index (χ0n) is 14.8. The average molecular weight is 383 g/mol. The molecule has 26 heavy (non-hydrogen) atoms. The average Bonchev–Trinajstić information content (AvgIpc) is 3.11.